The van der Waals surface area contributed by atoms with E-state index >= 15 is 0 Å². The van der Waals surface area contributed by atoms with Crippen LogP contribution in [0.3, 0.4) is 0 Å². The van der Waals surface area contributed by atoms with Gasteiger partial charge >= 0.3 is 6.09 Å². The zero-order chi connectivity index (χ0) is 31.7. The molecule has 0 radical (unpaired) electrons. The van der Waals surface area contributed by atoms with Gasteiger partial charge in [-0.1, -0.05) is 98.3 Å². The second-order valence-electron chi connectivity index (χ2n) is 12.6. The molecule has 45 heavy (non-hydrogen) atoms. The fraction of sp³-hybridized carbons (Fsp3) is 0.487. The normalized spacial score (nSPS) is 18.7. The predicted octanol–water partition coefficient (Wildman–Crippen LogP) is 7.95. The first kappa shape index (κ1) is 34.2. The second kappa shape index (κ2) is 19.0. The lowest BCUT2D eigenvalue weighted by molar-refractivity contribution is 0.0530. The molecule has 0 bridgehead atoms. The Bertz CT molecular complexity index is 1210. The van der Waals surface area contributed by atoms with Gasteiger partial charge in [0.1, 0.15) is 0 Å². The summed E-state index contributed by atoms with van der Waals surface area (Å²) in [6, 6.07) is 32.6. The maximum atomic E-state index is 13.0. The summed E-state index contributed by atoms with van der Waals surface area (Å²) >= 11 is 0. The van der Waals surface area contributed by atoms with Crippen LogP contribution in [0.15, 0.2) is 97.1 Å². The number of rotatable bonds is 11. The zero-order valence-electron chi connectivity index (χ0n) is 27.4. The highest BCUT2D eigenvalue weighted by Crippen LogP contribution is 2.30. The quantitative estimate of drug-likeness (QED) is 0.207. The molecule has 2 unspecified atom stereocenters. The zero-order valence-corrected chi connectivity index (χ0v) is 27.4. The molecular weight excluding hydrogens is 558 g/mol. The van der Waals surface area contributed by atoms with Gasteiger partial charge in [0.2, 0.25) is 0 Å². The molecule has 2 fully saturated rings. The predicted molar refractivity (Wildman–Crippen MR) is 183 cm³/mol. The molecule has 3 aromatic rings. The Balaban J connectivity index is 0.000000687. The van der Waals surface area contributed by atoms with E-state index < -0.39 is 0 Å². The Labute approximate surface area is 271 Å². The molecule has 0 spiro atoms. The van der Waals surface area contributed by atoms with Crippen LogP contribution in [-0.2, 0) is 11.2 Å². The van der Waals surface area contributed by atoms with Crippen LogP contribution in [0.25, 0.3) is 0 Å². The number of carbonyl (C=O) groups is 2. The molecule has 2 atom stereocenters. The lowest BCUT2D eigenvalue weighted by Gasteiger charge is -2.41. The summed E-state index contributed by atoms with van der Waals surface area (Å²) in [5, 5.41) is 0. The molecule has 1 heterocycles. The van der Waals surface area contributed by atoms with Gasteiger partial charge in [-0.2, -0.15) is 0 Å². The van der Waals surface area contributed by atoms with Gasteiger partial charge in [-0.15, -0.1) is 0 Å². The fourth-order valence-electron chi connectivity index (χ4n) is 6.72. The Kier molecular flexibility index (Phi) is 14.5. The van der Waals surface area contributed by atoms with Crippen molar-refractivity contribution in [2.24, 2.45) is 5.92 Å². The molecule has 5 rings (SSSR count). The number of aryl methyl sites for hydroxylation is 1. The van der Waals surface area contributed by atoms with Crippen molar-refractivity contribution in [3.05, 3.63) is 108 Å². The number of nitrogens with zero attached hydrogens (tertiary/aromatic N) is 3. The molecule has 2 amide bonds. The van der Waals surface area contributed by atoms with Crippen molar-refractivity contribution >= 4 is 12.0 Å². The van der Waals surface area contributed by atoms with Gasteiger partial charge in [-0.05, 0) is 75.0 Å². The highest BCUT2D eigenvalue weighted by Gasteiger charge is 2.32. The molecule has 1 aliphatic carbocycles. The molecule has 0 N–H and O–H groups in total. The van der Waals surface area contributed by atoms with E-state index in [1.54, 1.807) is 0 Å². The minimum Gasteiger partial charge on any atom is -0.449 e. The summed E-state index contributed by atoms with van der Waals surface area (Å²) in [6.07, 6.45) is 9.16. The summed E-state index contributed by atoms with van der Waals surface area (Å²) in [5.41, 5.74) is 2.06. The molecule has 0 aromatic heterocycles. The molecule has 1 aliphatic heterocycles. The van der Waals surface area contributed by atoms with Gasteiger partial charge in [0.15, 0.2) is 0 Å². The Morgan fingerprint density at radius 1 is 0.800 bits per heavy atom. The third-order valence-electron chi connectivity index (χ3n) is 9.20. The first-order valence-corrected chi connectivity index (χ1v) is 17.1. The van der Waals surface area contributed by atoms with Crippen molar-refractivity contribution < 1.29 is 14.3 Å². The van der Waals surface area contributed by atoms with E-state index in [9.17, 15) is 9.59 Å². The molecular formula is C39H53N3O3. The summed E-state index contributed by atoms with van der Waals surface area (Å²) in [4.78, 5) is 32.5. The lowest BCUT2D eigenvalue weighted by atomic mass is 9.84. The van der Waals surface area contributed by atoms with Crippen molar-refractivity contribution in [1.82, 2.24) is 14.7 Å². The fourth-order valence-corrected chi connectivity index (χ4v) is 6.72. The Morgan fingerprint density at radius 2 is 1.40 bits per heavy atom. The minimum atomic E-state index is -0.149. The molecule has 6 heteroatoms. The van der Waals surface area contributed by atoms with Gasteiger partial charge in [0.05, 0.1) is 6.61 Å². The average Bonchev–Trinajstić information content (AvgIpc) is 3.11. The van der Waals surface area contributed by atoms with Gasteiger partial charge in [-0.3, -0.25) is 4.79 Å². The Hall–Kier alpha value is -3.64. The topological polar surface area (TPSA) is 53.1 Å². The van der Waals surface area contributed by atoms with Crippen LogP contribution in [0.2, 0.25) is 0 Å². The van der Waals surface area contributed by atoms with Crippen LogP contribution in [0, 0.1) is 5.92 Å². The number of piperidine rings is 1. The van der Waals surface area contributed by atoms with Crippen molar-refractivity contribution in [3.63, 3.8) is 0 Å². The van der Waals surface area contributed by atoms with Crippen LogP contribution in [0.5, 0.6) is 0 Å². The van der Waals surface area contributed by atoms with Crippen LogP contribution in [-0.4, -0.2) is 78.6 Å². The first-order valence-electron chi connectivity index (χ1n) is 17.1. The third kappa shape index (κ3) is 11.3. The highest BCUT2D eigenvalue weighted by molar-refractivity contribution is 5.94. The van der Waals surface area contributed by atoms with Crippen molar-refractivity contribution in [2.75, 3.05) is 39.8 Å². The number of ether oxygens (including phenoxy) is 1. The maximum absolute atomic E-state index is 13.0. The highest BCUT2D eigenvalue weighted by atomic mass is 16.6. The molecule has 3 aromatic carbocycles. The Morgan fingerprint density at radius 3 is 2.02 bits per heavy atom. The lowest BCUT2D eigenvalue weighted by Crippen LogP contribution is -2.49. The van der Waals surface area contributed by atoms with E-state index in [1.807, 2.05) is 89.6 Å². The van der Waals surface area contributed by atoms with Crippen LogP contribution in [0.4, 0.5) is 4.79 Å². The summed E-state index contributed by atoms with van der Waals surface area (Å²) in [6.45, 7) is 6.49. The summed E-state index contributed by atoms with van der Waals surface area (Å²) in [5.74, 6) is 0.748. The molecule has 242 valence electrons. The van der Waals surface area contributed by atoms with Crippen LogP contribution in [0.1, 0.15) is 74.2 Å². The number of benzene rings is 3. The van der Waals surface area contributed by atoms with E-state index in [2.05, 4.69) is 36.1 Å². The summed E-state index contributed by atoms with van der Waals surface area (Å²) < 4.78 is 5.71. The van der Waals surface area contributed by atoms with Crippen molar-refractivity contribution in [1.29, 1.82) is 0 Å². The van der Waals surface area contributed by atoms with Crippen LogP contribution < -0.4 is 0 Å². The molecule has 6 nitrogen and oxygen atoms in total. The number of carbonyl (C=O) groups excluding carboxylic acids is 2. The van der Waals surface area contributed by atoms with E-state index in [4.69, 9.17) is 4.74 Å². The van der Waals surface area contributed by atoms with Crippen molar-refractivity contribution in [2.45, 2.75) is 76.8 Å². The number of hydrogen-bond donors (Lipinski definition) is 0. The standard InChI is InChI=1S/C33H47N3O3.C6H6/c1-3-21-36(33(38)39-24-11-15-27-12-6-4-7-13-27)30-19-22-35(23-20-30)26-28-14-10-18-31(25-28)34(2)32(37)29-16-8-5-9-17-29;1-2-4-6-5-3-1/h4-9,12-13,16-17,28,30-31H,3,10-11,14-15,18-26H2,1-2H3;1-6H. The minimum absolute atomic E-state index is 0.130. The largest absolute Gasteiger partial charge is 0.449 e. The second-order valence-corrected chi connectivity index (χ2v) is 12.6. The van der Waals surface area contributed by atoms with Gasteiger partial charge in [0.25, 0.3) is 5.91 Å². The maximum Gasteiger partial charge on any atom is 0.410 e. The van der Waals surface area contributed by atoms with Crippen molar-refractivity contribution in [3.8, 4) is 0 Å². The monoisotopic (exact) mass is 611 g/mol. The molecule has 2 aliphatic rings. The first-order chi connectivity index (χ1) is 22.0. The van der Waals surface area contributed by atoms with E-state index in [1.165, 1.54) is 18.4 Å². The smallest absolute Gasteiger partial charge is 0.410 e. The van der Waals surface area contributed by atoms with Crippen LogP contribution >= 0.6 is 0 Å². The SMILES string of the molecule is CCCN(C(=O)OCCCc1ccccc1)C1CCN(CC2CCCC(N(C)C(=O)c3ccccc3)C2)CC1.c1ccccc1. The number of amides is 2. The third-order valence-corrected chi connectivity index (χ3v) is 9.20. The van der Waals surface area contributed by atoms with E-state index in [0.717, 1.165) is 76.7 Å². The van der Waals surface area contributed by atoms with E-state index in [0.29, 0.717) is 18.6 Å². The van der Waals surface area contributed by atoms with Gasteiger partial charge in [-0.25, -0.2) is 4.79 Å². The van der Waals surface area contributed by atoms with Gasteiger partial charge < -0.3 is 19.4 Å². The average molecular weight is 612 g/mol. The number of hydrogen-bond acceptors (Lipinski definition) is 4. The molecule has 1 saturated carbocycles. The van der Waals surface area contributed by atoms with Gasteiger partial charge in [0, 0.05) is 50.9 Å². The van der Waals surface area contributed by atoms with E-state index in [-0.39, 0.29) is 18.0 Å². The molecule has 1 saturated heterocycles. The number of likely N-dealkylation sites (tertiary alicyclic amines) is 1. The summed E-state index contributed by atoms with van der Waals surface area (Å²) in [7, 11) is 1.97.